The van der Waals surface area contributed by atoms with Crippen molar-refractivity contribution in [3.8, 4) is 0 Å². The molecule has 1 heterocycles. The summed E-state index contributed by atoms with van der Waals surface area (Å²) >= 11 is 0. The lowest BCUT2D eigenvalue weighted by Gasteiger charge is -2.40. The number of rotatable bonds is 38. The highest BCUT2D eigenvalue weighted by atomic mass is 16.7. The van der Waals surface area contributed by atoms with E-state index in [9.17, 15) is 30.3 Å². The molecule has 9 nitrogen and oxygen atoms in total. The molecule has 324 valence electrons. The zero-order valence-corrected chi connectivity index (χ0v) is 35.4. The van der Waals surface area contributed by atoms with Crippen molar-refractivity contribution < 1.29 is 39.8 Å². The van der Waals surface area contributed by atoms with Gasteiger partial charge >= 0.3 is 0 Å². The van der Waals surface area contributed by atoms with Gasteiger partial charge in [-0.3, -0.25) is 4.79 Å². The van der Waals surface area contributed by atoms with Crippen molar-refractivity contribution in [2.75, 3.05) is 13.2 Å². The van der Waals surface area contributed by atoms with Gasteiger partial charge in [0.2, 0.25) is 5.91 Å². The molecular weight excluding hydrogens is 695 g/mol. The minimum Gasteiger partial charge on any atom is -0.394 e. The van der Waals surface area contributed by atoms with E-state index in [4.69, 9.17) is 9.47 Å². The minimum atomic E-state index is -1.56. The van der Waals surface area contributed by atoms with E-state index in [-0.39, 0.29) is 12.5 Å². The summed E-state index contributed by atoms with van der Waals surface area (Å²) in [5.74, 6) is -0.179. The molecule has 1 amide bonds. The molecule has 1 aliphatic rings. The third-order valence-electron chi connectivity index (χ3n) is 11.0. The molecule has 1 fully saturated rings. The summed E-state index contributed by atoms with van der Waals surface area (Å²) in [4.78, 5) is 12.9. The van der Waals surface area contributed by atoms with Gasteiger partial charge in [0.1, 0.15) is 24.4 Å². The number of aliphatic hydroxyl groups is 5. The first-order chi connectivity index (χ1) is 26.8. The summed E-state index contributed by atoms with van der Waals surface area (Å²) in [5.41, 5.74) is 0. The molecule has 0 aromatic rings. The molecule has 0 saturated carbocycles. The number of ether oxygens (including phenoxy) is 2. The zero-order valence-electron chi connectivity index (χ0n) is 35.4. The first kappa shape index (κ1) is 51.7. The largest absolute Gasteiger partial charge is 0.394 e. The van der Waals surface area contributed by atoms with E-state index in [1.165, 1.54) is 148 Å². The van der Waals surface area contributed by atoms with Crippen LogP contribution < -0.4 is 5.32 Å². The lowest BCUT2D eigenvalue weighted by Crippen LogP contribution is -2.60. The Morgan fingerprint density at radius 1 is 0.600 bits per heavy atom. The predicted octanol–water partition coefficient (Wildman–Crippen LogP) is 9.50. The van der Waals surface area contributed by atoms with Crippen LogP contribution in [-0.4, -0.2) is 87.5 Å². The van der Waals surface area contributed by atoms with Crippen LogP contribution in [0.25, 0.3) is 0 Å². The smallest absolute Gasteiger partial charge is 0.220 e. The second-order valence-electron chi connectivity index (χ2n) is 16.2. The number of carbonyl (C=O) groups is 1. The third-order valence-corrected chi connectivity index (χ3v) is 11.0. The quantitative estimate of drug-likeness (QED) is 0.0268. The number of nitrogens with one attached hydrogen (secondary N) is 1. The number of hydrogen-bond donors (Lipinski definition) is 6. The highest BCUT2D eigenvalue weighted by Gasteiger charge is 2.44. The molecule has 6 N–H and O–H groups in total. The summed E-state index contributed by atoms with van der Waals surface area (Å²) in [5, 5.41) is 54.1. The fourth-order valence-corrected chi connectivity index (χ4v) is 7.27. The van der Waals surface area contributed by atoms with Crippen LogP contribution in [0.4, 0.5) is 0 Å². The molecule has 0 unspecified atom stereocenters. The lowest BCUT2D eigenvalue weighted by molar-refractivity contribution is -0.302. The van der Waals surface area contributed by atoms with Crippen molar-refractivity contribution >= 4 is 5.91 Å². The van der Waals surface area contributed by atoms with Gasteiger partial charge in [-0.15, -0.1) is 0 Å². The van der Waals surface area contributed by atoms with Gasteiger partial charge in [0.25, 0.3) is 0 Å². The molecule has 1 aliphatic heterocycles. The molecule has 0 spiro atoms. The summed E-state index contributed by atoms with van der Waals surface area (Å²) in [7, 11) is 0. The molecular formula is C46H87NO8. The van der Waals surface area contributed by atoms with Crippen LogP contribution in [0.5, 0.6) is 0 Å². The Morgan fingerprint density at radius 3 is 1.47 bits per heavy atom. The van der Waals surface area contributed by atoms with E-state index in [1.807, 2.05) is 6.08 Å². The number of aliphatic hydroxyl groups excluding tert-OH is 5. The average Bonchev–Trinajstić information content (AvgIpc) is 3.18. The normalized spacial score (nSPS) is 21.5. The second kappa shape index (κ2) is 37.0. The van der Waals surface area contributed by atoms with E-state index in [2.05, 4.69) is 31.3 Å². The fourth-order valence-electron chi connectivity index (χ4n) is 7.27. The monoisotopic (exact) mass is 782 g/mol. The van der Waals surface area contributed by atoms with E-state index in [0.29, 0.717) is 6.42 Å². The molecule has 0 aromatic carbocycles. The van der Waals surface area contributed by atoms with E-state index in [1.54, 1.807) is 6.08 Å². The zero-order chi connectivity index (χ0) is 40.2. The van der Waals surface area contributed by atoms with Crippen molar-refractivity contribution in [2.24, 2.45) is 0 Å². The molecule has 0 radical (unpaired) electrons. The number of allylic oxidation sites excluding steroid dienone is 3. The Bertz CT molecular complexity index is 914. The second-order valence-corrected chi connectivity index (χ2v) is 16.2. The third kappa shape index (κ3) is 27.9. The van der Waals surface area contributed by atoms with E-state index >= 15 is 0 Å². The average molecular weight is 782 g/mol. The molecule has 7 atom stereocenters. The molecule has 55 heavy (non-hydrogen) atoms. The van der Waals surface area contributed by atoms with Crippen LogP contribution in [0.3, 0.4) is 0 Å². The summed E-state index contributed by atoms with van der Waals surface area (Å²) in [6.45, 7) is 3.76. The van der Waals surface area contributed by atoms with Crippen molar-refractivity contribution in [3.63, 3.8) is 0 Å². The Balaban J connectivity index is 2.33. The highest BCUT2D eigenvalue weighted by molar-refractivity contribution is 5.76. The maximum atomic E-state index is 12.9. The summed E-state index contributed by atoms with van der Waals surface area (Å²) in [6.07, 6.45) is 36.4. The van der Waals surface area contributed by atoms with Crippen LogP contribution in [0, 0.1) is 0 Å². The highest BCUT2D eigenvalue weighted by Crippen LogP contribution is 2.22. The molecule has 9 heteroatoms. The van der Waals surface area contributed by atoms with Gasteiger partial charge in [-0.2, -0.15) is 0 Å². The molecule has 0 bridgehead atoms. The number of amides is 1. The van der Waals surface area contributed by atoms with E-state index < -0.39 is 49.5 Å². The van der Waals surface area contributed by atoms with Crippen molar-refractivity contribution in [1.82, 2.24) is 5.32 Å². The first-order valence-electron chi connectivity index (χ1n) is 23.1. The molecule has 1 rings (SSSR count). The van der Waals surface area contributed by atoms with Crippen LogP contribution in [0.1, 0.15) is 206 Å². The topological polar surface area (TPSA) is 149 Å². The van der Waals surface area contributed by atoms with Gasteiger partial charge in [0, 0.05) is 6.42 Å². The van der Waals surface area contributed by atoms with Crippen LogP contribution in [0.2, 0.25) is 0 Å². The molecule has 0 aromatic heterocycles. The van der Waals surface area contributed by atoms with Gasteiger partial charge in [0.15, 0.2) is 6.29 Å². The molecule has 1 saturated heterocycles. The predicted molar refractivity (Wildman–Crippen MR) is 226 cm³/mol. The number of unbranched alkanes of at least 4 members (excludes halogenated alkanes) is 26. The van der Waals surface area contributed by atoms with Gasteiger partial charge in [0.05, 0.1) is 25.4 Å². The maximum absolute atomic E-state index is 12.9. The maximum Gasteiger partial charge on any atom is 0.220 e. The van der Waals surface area contributed by atoms with Gasteiger partial charge in [-0.25, -0.2) is 0 Å². The number of hydrogen-bond acceptors (Lipinski definition) is 8. The standard InChI is InChI=1S/C46H87NO8/c1-3-5-7-9-11-13-15-17-18-19-20-21-22-24-26-28-30-32-34-36-42(50)47-39(38-54-46-45(53)44(52)43(51)41(37-48)55-46)40(49)35-33-31-29-27-25-23-16-14-12-10-8-6-4-2/h17-18,33,35,39-41,43-46,48-49,51-53H,3-16,19-32,34,36-38H2,1-2H3,(H,47,50)/b18-17-,35-33+/t39-,40+,41+,43+,44-,45+,46+/m0/s1. The lowest BCUT2D eigenvalue weighted by atomic mass is 9.99. The van der Waals surface area contributed by atoms with Crippen molar-refractivity contribution in [2.45, 2.75) is 249 Å². The number of carbonyl (C=O) groups excluding carboxylic acids is 1. The van der Waals surface area contributed by atoms with Crippen molar-refractivity contribution in [1.29, 1.82) is 0 Å². The minimum absolute atomic E-state index is 0.179. The van der Waals surface area contributed by atoms with Gasteiger partial charge in [-0.1, -0.05) is 179 Å². The van der Waals surface area contributed by atoms with E-state index in [0.717, 1.165) is 38.5 Å². The summed E-state index contributed by atoms with van der Waals surface area (Å²) < 4.78 is 11.2. The Labute approximate surface area is 337 Å². The van der Waals surface area contributed by atoms with Gasteiger partial charge < -0.3 is 40.3 Å². The SMILES string of the molecule is CCCCCCCC/C=C\CCCCCCCCCCCC(=O)N[C@@H](CO[C@@H]1O[C@H](CO)[C@@H](O)[C@H](O)[C@H]1O)[C@H](O)/C=C/CCCCCCCCCCCCC. The van der Waals surface area contributed by atoms with Crippen molar-refractivity contribution in [3.05, 3.63) is 24.3 Å². The van der Waals surface area contributed by atoms with Crippen LogP contribution in [-0.2, 0) is 14.3 Å². The van der Waals surface area contributed by atoms with Gasteiger partial charge in [-0.05, 0) is 44.9 Å². The first-order valence-corrected chi connectivity index (χ1v) is 23.1. The fraction of sp³-hybridized carbons (Fsp3) is 0.891. The summed E-state index contributed by atoms with van der Waals surface area (Å²) in [6, 6.07) is -0.802. The van der Waals surface area contributed by atoms with Crippen LogP contribution >= 0.6 is 0 Å². The van der Waals surface area contributed by atoms with Crippen LogP contribution in [0.15, 0.2) is 24.3 Å². The molecule has 0 aliphatic carbocycles. The Kier molecular flexibility index (Phi) is 34.7. The Morgan fingerprint density at radius 2 is 1.02 bits per heavy atom. The Hall–Kier alpha value is -1.33.